The third kappa shape index (κ3) is 1.11. The number of hydrogen-bond donors (Lipinski definition) is 0. The number of hydrogen-bond acceptors (Lipinski definition) is 2. The minimum absolute atomic E-state index is 0.0466. The molecule has 0 saturated carbocycles. The van der Waals surface area contributed by atoms with Crippen LogP contribution >= 0.6 is 0 Å². The van der Waals surface area contributed by atoms with Gasteiger partial charge in [-0.15, -0.1) is 0 Å². The number of carbonyl (C=O) groups excluding carboxylic acids is 1. The minimum atomic E-state index is 0.0466. The maximum absolute atomic E-state index is 10.9. The monoisotopic (exact) mass is 148 g/mol. The van der Waals surface area contributed by atoms with Crippen LogP contribution in [0.4, 0.5) is 0 Å². The molecule has 0 aromatic heterocycles. The lowest BCUT2D eigenvalue weighted by Gasteiger charge is -2.02. The van der Waals surface area contributed by atoms with Crippen LogP contribution in [-0.4, -0.2) is 12.4 Å². The molecule has 0 N–H and O–H groups in total. The van der Waals surface area contributed by atoms with E-state index in [1.165, 1.54) is 0 Å². The number of fused-ring (bicyclic) bond motifs is 1. The quantitative estimate of drug-likeness (QED) is 0.485. The minimum Gasteiger partial charge on any atom is -0.489 e. The first-order valence-corrected chi connectivity index (χ1v) is 3.61. The average Bonchev–Trinajstić information content (AvgIpc) is 2.17. The van der Waals surface area contributed by atoms with Gasteiger partial charge in [-0.25, -0.2) is 0 Å². The highest BCUT2D eigenvalue weighted by Crippen LogP contribution is 2.23. The van der Waals surface area contributed by atoms with Crippen LogP contribution in [0, 0.1) is 0 Å². The molecule has 1 aliphatic carbocycles. The SMILES string of the molecule is O=C1C=C2CC=CCOC2=C1. The lowest BCUT2D eigenvalue weighted by Crippen LogP contribution is -1.89. The van der Waals surface area contributed by atoms with Crippen molar-refractivity contribution in [3.05, 3.63) is 35.6 Å². The number of ketones is 1. The molecule has 56 valence electrons. The number of ether oxygens (including phenoxy) is 1. The van der Waals surface area contributed by atoms with Gasteiger partial charge in [0.1, 0.15) is 12.4 Å². The van der Waals surface area contributed by atoms with Crippen LogP contribution in [0.1, 0.15) is 6.42 Å². The Morgan fingerprint density at radius 3 is 3.09 bits per heavy atom. The molecule has 2 rings (SSSR count). The second-order valence-corrected chi connectivity index (χ2v) is 2.57. The Labute approximate surface area is 64.9 Å². The van der Waals surface area contributed by atoms with Gasteiger partial charge in [-0.3, -0.25) is 4.79 Å². The summed E-state index contributed by atoms with van der Waals surface area (Å²) in [5.41, 5.74) is 1.00. The van der Waals surface area contributed by atoms with E-state index in [2.05, 4.69) is 0 Å². The summed E-state index contributed by atoms with van der Waals surface area (Å²) in [5.74, 6) is 0.797. The van der Waals surface area contributed by atoms with Gasteiger partial charge in [-0.2, -0.15) is 0 Å². The highest BCUT2D eigenvalue weighted by atomic mass is 16.5. The molecule has 0 bridgehead atoms. The van der Waals surface area contributed by atoms with Gasteiger partial charge in [0.2, 0.25) is 0 Å². The van der Waals surface area contributed by atoms with Crippen LogP contribution < -0.4 is 0 Å². The first-order chi connectivity index (χ1) is 5.36. The van der Waals surface area contributed by atoms with Crippen LogP contribution in [0.25, 0.3) is 0 Å². The van der Waals surface area contributed by atoms with Gasteiger partial charge in [0.05, 0.1) is 0 Å². The molecule has 2 nitrogen and oxygen atoms in total. The largest absolute Gasteiger partial charge is 0.489 e. The standard InChI is InChI=1S/C9H8O2/c10-8-5-7-3-1-2-4-11-9(7)6-8/h1-2,5-6H,3-4H2. The van der Waals surface area contributed by atoms with Gasteiger partial charge >= 0.3 is 0 Å². The lowest BCUT2D eigenvalue weighted by molar-refractivity contribution is -0.110. The average molecular weight is 148 g/mol. The summed E-state index contributed by atoms with van der Waals surface area (Å²) in [6.45, 7) is 0.580. The van der Waals surface area contributed by atoms with E-state index >= 15 is 0 Å². The fourth-order valence-corrected chi connectivity index (χ4v) is 1.22. The molecular weight excluding hydrogens is 140 g/mol. The third-order valence-electron chi connectivity index (χ3n) is 1.75. The predicted molar refractivity (Wildman–Crippen MR) is 40.9 cm³/mol. The Morgan fingerprint density at radius 1 is 1.27 bits per heavy atom. The lowest BCUT2D eigenvalue weighted by atomic mass is 10.2. The molecule has 0 unspecified atom stereocenters. The van der Waals surface area contributed by atoms with E-state index in [0.29, 0.717) is 6.61 Å². The van der Waals surface area contributed by atoms with E-state index in [1.807, 2.05) is 12.2 Å². The van der Waals surface area contributed by atoms with Crippen molar-refractivity contribution in [3.8, 4) is 0 Å². The first-order valence-electron chi connectivity index (χ1n) is 3.61. The van der Waals surface area contributed by atoms with Crippen LogP contribution in [0.2, 0.25) is 0 Å². The highest BCUT2D eigenvalue weighted by Gasteiger charge is 2.16. The fraction of sp³-hybridized carbons (Fsp3) is 0.222. The molecule has 0 spiro atoms. The Bertz CT molecular complexity index is 282. The molecule has 2 aliphatic rings. The highest BCUT2D eigenvalue weighted by molar-refractivity contribution is 6.04. The molecule has 0 aromatic carbocycles. The zero-order valence-electron chi connectivity index (χ0n) is 6.04. The van der Waals surface area contributed by atoms with Gasteiger partial charge in [-0.05, 0) is 12.5 Å². The van der Waals surface area contributed by atoms with Crippen molar-refractivity contribution < 1.29 is 9.53 Å². The van der Waals surface area contributed by atoms with E-state index in [4.69, 9.17) is 4.74 Å². The second kappa shape index (κ2) is 2.38. The summed E-state index contributed by atoms with van der Waals surface area (Å²) in [7, 11) is 0. The summed E-state index contributed by atoms with van der Waals surface area (Å²) in [6, 6.07) is 0. The molecule has 1 aliphatic heterocycles. The van der Waals surface area contributed by atoms with Gasteiger partial charge in [0.15, 0.2) is 5.78 Å². The first kappa shape index (κ1) is 6.40. The van der Waals surface area contributed by atoms with E-state index in [1.54, 1.807) is 12.2 Å². The molecule has 1 heterocycles. The van der Waals surface area contributed by atoms with Crippen molar-refractivity contribution in [2.24, 2.45) is 0 Å². The smallest absolute Gasteiger partial charge is 0.182 e. The summed E-state index contributed by atoms with van der Waals surface area (Å²) in [5, 5.41) is 0. The summed E-state index contributed by atoms with van der Waals surface area (Å²) in [4.78, 5) is 10.9. The van der Waals surface area contributed by atoms with E-state index in [-0.39, 0.29) is 5.78 Å². The normalized spacial score (nSPS) is 21.6. The zero-order chi connectivity index (χ0) is 7.68. The van der Waals surface area contributed by atoms with Gasteiger partial charge < -0.3 is 4.74 Å². The molecule has 0 fully saturated rings. The van der Waals surface area contributed by atoms with Crippen LogP contribution in [-0.2, 0) is 9.53 Å². The predicted octanol–water partition coefficient (Wildman–Crippen LogP) is 1.36. The Hall–Kier alpha value is -1.31. The van der Waals surface area contributed by atoms with Crippen molar-refractivity contribution in [3.63, 3.8) is 0 Å². The van der Waals surface area contributed by atoms with Crippen LogP contribution in [0.5, 0.6) is 0 Å². The van der Waals surface area contributed by atoms with Crippen molar-refractivity contribution in [1.82, 2.24) is 0 Å². The van der Waals surface area contributed by atoms with Crippen LogP contribution in [0.15, 0.2) is 35.6 Å². The molecular formula is C9H8O2. The van der Waals surface area contributed by atoms with Gasteiger partial charge in [0, 0.05) is 11.6 Å². The zero-order valence-corrected chi connectivity index (χ0v) is 6.04. The summed E-state index contributed by atoms with van der Waals surface area (Å²) < 4.78 is 5.28. The van der Waals surface area contributed by atoms with Crippen molar-refractivity contribution in [2.45, 2.75) is 6.42 Å². The molecule has 2 heteroatoms. The Kier molecular flexibility index (Phi) is 1.39. The molecule has 0 atom stereocenters. The van der Waals surface area contributed by atoms with E-state index in [0.717, 1.165) is 17.8 Å². The molecule has 0 radical (unpaired) electrons. The van der Waals surface area contributed by atoms with Crippen LogP contribution in [0.3, 0.4) is 0 Å². The maximum Gasteiger partial charge on any atom is 0.182 e. The van der Waals surface area contributed by atoms with Crippen molar-refractivity contribution in [1.29, 1.82) is 0 Å². The molecule has 0 amide bonds. The second-order valence-electron chi connectivity index (χ2n) is 2.57. The third-order valence-corrected chi connectivity index (χ3v) is 1.75. The topological polar surface area (TPSA) is 26.3 Å². The van der Waals surface area contributed by atoms with E-state index < -0.39 is 0 Å². The number of rotatable bonds is 0. The van der Waals surface area contributed by atoms with Crippen molar-refractivity contribution in [2.75, 3.05) is 6.61 Å². The Balaban J connectivity index is 2.32. The summed E-state index contributed by atoms with van der Waals surface area (Å²) in [6.07, 6.45) is 7.97. The van der Waals surface area contributed by atoms with E-state index in [9.17, 15) is 4.79 Å². The molecule has 0 saturated heterocycles. The molecule has 11 heavy (non-hydrogen) atoms. The van der Waals surface area contributed by atoms with Crippen molar-refractivity contribution >= 4 is 5.78 Å². The number of allylic oxidation sites excluding steroid dienone is 4. The maximum atomic E-state index is 10.9. The molecule has 0 aromatic rings. The van der Waals surface area contributed by atoms with Gasteiger partial charge in [0.25, 0.3) is 0 Å². The number of carbonyl (C=O) groups is 1. The fourth-order valence-electron chi connectivity index (χ4n) is 1.22. The Morgan fingerprint density at radius 2 is 2.18 bits per heavy atom. The summed E-state index contributed by atoms with van der Waals surface area (Å²) >= 11 is 0. The van der Waals surface area contributed by atoms with Gasteiger partial charge in [-0.1, -0.05) is 12.2 Å².